The van der Waals surface area contributed by atoms with E-state index in [1.54, 1.807) is 55.8 Å². The van der Waals surface area contributed by atoms with Crippen LogP contribution in [-0.2, 0) is 11.3 Å². The molecule has 0 unspecified atom stereocenters. The molecule has 2 aromatic carbocycles. The molecule has 31 heavy (non-hydrogen) atoms. The fourth-order valence-corrected chi connectivity index (χ4v) is 2.81. The second kappa shape index (κ2) is 11.2. The molecule has 7 nitrogen and oxygen atoms in total. The molecule has 0 aliphatic carbocycles. The number of carbonyl (C=O) groups excluding carboxylic acids is 1. The number of pyridine rings is 1. The number of halogens is 1. The predicted molar refractivity (Wildman–Crippen MR) is 118 cm³/mol. The van der Waals surface area contributed by atoms with Gasteiger partial charge in [-0.25, -0.2) is 4.98 Å². The second-order valence-electron chi connectivity index (χ2n) is 6.43. The summed E-state index contributed by atoms with van der Waals surface area (Å²) in [6.07, 6.45) is 1.59. The minimum absolute atomic E-state index is 0.322. The third kappa shape index (κ3) is 6.34. The maximum absolute atomic E-state index is 12.8. The van der Waals surface area contributed by atoms with Crippen LogP contribution in [0, 0.1) is 0 Å². The lowest BCUT2D eigenvalue weighted by molar-refractivity contribution is 0.102. The number of ether oxygens (including phenoxy) is 4. The lowest BCUT2D eigenvalue weighted by Gasteiger charge is -2.13. The number of hydrogen-bond acceptors (Lipinski definition) is 6. The highest BCUT2D eigenvalue weighted by Gasteiger charge is 2.14. The predicted octanol–water partition coefficient (Wildman–Crippen LogP) is 4.60. The number of carbonyl (C=O) groups is 1. The van der Waals surface area contributed by atoms with Crippen molar-refractivity contribution in [2.24, 2.45) is 0 Å². The van der Waals surface area contributed by atoms with Gasteiger partial charge in [0.1, 0.15) is 18.9 Å². The maximum Gasteiger partial charge on any atom is 0.255 e. The summed E-state index contributed by atoms with van der Waals surface area (Å²) in [5.41, 5.74) is 1.83. The number of rotatable bonds is 10. The summed E-state index contributed by atoms with van der Waals surface area (Å²) in [5.74, 6) is 0.971. The zero-order valence-electron chi connectivity index (χ0n) is 17.3. The van der Waals surface area contributed by atoms with Crippen LogP contribution >= 0.6 is 11.6 Å². The topological polar surface area (TPSA) is 78.9 Å². The number of nitrogens with zero attached hydrogens (tertiary/aromatic N) is 1. The van der Waals surface area contributed by atoms with Gasteiger partial charge in [0.15, 0.2) is 11.5 Å². The molecule has 0 radical (unpaired) electrons. The Hall–Kier alpha value is -3.29. The summed E-state index contributed by atoms with van der Waals surface area (Å²) in [5, 5.41) is 3.48. The van der Waals surface area contributed by atoms with Gasteiger partial charge in [-0.15, -0.1) is 0 Å². The average Bonchev–Trinajstić information content (AvgIpc) is 2.80. The molecule has 1 heterocycles. The molecule has 1 amide bonds. The van der Waals surface area contributed by atoms with E-state index in [9.17, 15) is 4.79 Å². The van der Waals surface area contributed by atoms with E-state index in [1.165, 1.54) is 7.11 Å². The number of amides is 1. The van der Waals surface area contributed by atoms with Gasteiger partial charge in [-0.3, -0.25) is 4.79 Å². The summed E-state index contributed by atoms with van der Waals surface area (Å²) >= 11 is 5.91. The van der Waals surface area contributed by atoms with Gasteiger partial charge in [0.2, 0.25) is 5.88 Å². The lowest BCUT2D eigenvalue weighted by atomic mass is 10.2. The van der Waals surface area contributed by atoms with Gasteiger partial charge in [-0.1, -0.05) is 23.7 Å². The van der Waals surface area contributed by atoms with E-state index in [2.05, 4.69) is 10.3 Å². The van der Waals surface area contributed by atoms with Gasteiger partial charge < -0.3 is 24.3 Å². The molecule has 0 aliphatic rings. The van der Waals surface area contributed by atoms with Gasteiger partial charge in [-0.05, 0) is 48.0 Å². The molecule has 3 rings (SSSR count). The van der Waals surface area contributed by atoms with Crippen LogP contribution < -0.4 is 19.5 Å². The highest BCUT2D eigenvalue weighted by atomic mass is 35.5. The van der Waals surface area contributed by atoms with Crippen LogP contribution in [0.3, 0.4) is 0 Å². The van der Waals surface area contributed by atoms with E-state index in [-0.39, 0.29) is 5.91 Å². The Balaban J connectivity index is 1.69. The van der Waals surface area contributed by atoms with Crippen molar-refractivity contribution in [2.45, 2.75) is 6.61 Å². The van der Waals surface area contributed by atoms with Crippen molar-refractivity contribution in [1.29, 1.82) is 0 Å². The van der Waals surface area contributed by atoms with Gasteiger partial charge in [0.05, 0.1) is 13.7 Å². The van der Waals surface area contributed by atoms with Crippen molar-refractivity contribution >= 4 is 23.2 Å². The summed E-state index contributed by atoms with van der Waals surface area (Å²) in [6.45, 7) is 1.08. The molecule has 0 saturated heterocycles. The molecule has 0 saturated carbocycles. The van der Waals surface area contributed by atoms with Crippen molar-refractivity contribution in [3.63, 3.8) is 0 Å². The zero-order chi connectivity index (χ0) is 22.1. The SMILES string of the molecule is COCCOc1ncccc1NC(=O)c1ccc(OCc2ccc(Cl)cc2)c(OC)c1. The van der Waals surface area contributed by atoms with Gasteiger partial charge in [0.25, 0.3) is 5.91 Å². The molecule has 0 fully saturated rings. The fourth-order valence-electron chi connectivity index (χ4n) is 2.69. The standard InChI is InChI=1S/C23H23ClN2O5/c1-28-12-13-30-23-19(4-3-11-25-23)26-22(27)17-7-10-20(21(14-17)29-2)31-15-16-5-8-18(24)9-6-16/h3-11,14H,12-13,15H2,1-2H3,(H,26,27). The molecule has 1 N–H and O–H groups in total. The molecule has 0 bridgehead atoms. The van der Waals surface area contributed by atoms with E-state index >= 15 is 0 Å². The van der Waals surface area contributed by atoms with Crippen LogP contribution in [0.25, 0.3) is 0 Å². The number of benzene rings is 2. The van der Waals surface area contributed by atoms with Crippen LogP contribution in [0.5, 0.6) is 17.4 Å². The van der Waals surface area contributed by atoms with Crippen molar-refractivity contribution in [2.75, 3.05) is 32.8 Å². The Morgan fingerprint density at radius 2 is 1.81 bits per heavy atom. The zero-order valence-corrected chi connectivity index (χ0v) is 18.0. The largest absolute Gasteiger partial charge is 0.493 e. The van der Waals surface area contributed by atoms with E-state index in [4.69, 9.17) is 30.5 Å². The molecule has 0 aliphatic heterocycles. The van der Waals surface area contributed by atoms with Gasteiger partial charge in [0, 0.05) is 23.9 Å². The van der Waals surface area contributed by atoms with E-state index in [0.717, 1.165) is 5.56 Å². The first-order chi connectivity index (χ1) is 15.1. The van der Waals surface area contributed by atoms with Crippen molar-refractivity contribution < 1.29 is 23.7 Å². The third-order valence-corrected chi connectivity index (χ3v) is 4.53. The molecular weight excluding hydrogens is 420 g/mol. The fraction of sp³-hybridized carbons (Fsp3) is 0.217. The third-order valence-electron chi connectivity index (χ3n) is 4.28. The van der Waals surface area contributed by atoms with Crippen LogP contribution in [0.4, 0.5) is 5.69 Å². The Bertz CT molecular complexity index is 1010. The first-order valence-electron chi connectivity index (χ1n) is 9.54. The van der Waals surface area contributed by atoms with Crippen molar-refractivity contribution in [3.8, 4) is 17.4 Å². The smallest absolute Gasteiger partial charge is 0.255 e. The normalized spacial score (nSPS) is 10.4. The Morgan fingerprint density at radius 1 is 1.00 bits per heavy atom. The summed E-state index contributed by atoms with van der Waals surface area (Å²) in [4.78, 5) is 16.9. The number of hydrogen-bond donors (Lipinski definition) is 1. The summed E-state index contributed by atoms with van der Waals surface area (Å²) in [6, 6.07) is 15.8. The first kappa shape index (κ1) is 22.4. The average molecular weight is 443 g/mol. The lowest BCUT2D eigenvalue weighted by Crippen LogP contribution is -2.14. The number of aromatic nitrogens is 1. The Kier molecular flexibility index (Phi) is 8.09. The molecule has 162 valence electrons. The van der Waals surface area contributed by atoms with E-state index < -0.39 is 0 Å². The Labute approximate surface area is 185 Å². The highest BCUT2D eigenvalue weighted by molar-refractivity contribution is 6.30. The molecule has 0 spiro atoms. The molecule has 1 aromatic heterocycles. The van der Waals surface area contributed by atoms with Gasteiger partial charge in [-0.2, -0.15) is 0 Å². The summed E-state index contributed by atoms with van der Waals surface area (Å²) < 4.78 is 21.8. The maximum atomic E-state index is 12.8. The van der Waals surface area contributed by atoms with Crippen molar-refractivity contribution in [3.05, 3.63) is 76.9 Å². The first-order valence-corrected chi connectivity index (χ1v) is 9.92. The monoisotopic (exact) mass is 442 g/mol. The summed E-state index contributed by atoms with van der Waals surface area (Å²) in [7, 11) is 3.11. The van der Waals surface area contributed by atoms with Crippen LogP contribution in [0.1, 0.15) is 15.9 Å². The van der Waals surface area contributed by atoms with Crippen molar-refractivity contribution in [1.82, 2.24) is 4.98 Å². The minimum atomic E-state index is -0.327. The molecule has 8 heteroatoms. The Morgan fingerprint density at radius 3 is 2.55 bits per heavy atom. The molecular formula is C23H23ClN2O5. The number of anilines is 1. The second-order valence-corrected chi connectivity index (χ2v) is 6.87. The van der Waals surface area contributed by atoms with Crippen LogP contribution in [0.2, 0.25) is 5.02 Å². The molecule has 3 aromatic rings. The van der Waals surface area contributed by atoms with Gasteiger partial charge >= 0.3 is 0 Å². The number of methoxy groups -OCH3 is 2. The van der Waals surface area contributed by atoms with Crippen LogP contribution in [0.15, 0.2) is 60.8 Å². The quantitative estimate of drug-likeness (QED) is 0.462. The number of nitrogens with one attached hydrogen (secondary N) is 1. The van der Waals surface area contributed by atoms with E-state index in [1.807, 2.05) is 12.1 Å². The van der Waals surface area contributed by atoms with Crippen LogP contribution in [-0.4, -0.2) is 38.3 Å². The van der Waals surface area contributed by atoms with E-state index in [0.29, 0.717) is 53.5 Å². The highest BCUT2D eigenvalue weighted by Crippen LogP contribution is 2.30. The molecule has 0 atom stereocenters. The minimum Gasteiger partial charge on any atom is -0.493 e.